The van der Waals surface area contributed by atoms with Gasteiger partial charge in [0.25, 0.3) is 0 Å². The van der Waals surface area contributed by atoms with Gasteiger partial charge in [-0.1, -0.05) is 13.8 Å². The molecule has 3 nitrogen and oxygen atoms in total. The van der Waals surface area contributed by atoms with Gasteiger partial charge in [0.1, 0.15) is 6.04 Å². The average molecular weight is 121 g/mol. The van der Waals surface area contributed by atoms with Crippen LogP contribution in [0.4, 0.5) is 0 Å². The predicted molar refractivity (Wildman–Crippen MR) is 30.4 cm³/mol. The maximum absolute atomic E-state index is 10.0. The summed E-state index contributed by atoms with van der Waals surface area (Å²) in [6, 6.07) is -0.713. The van der Waals surface area contributed by atoms with Crippen LogP contribution in [-0.2, 0) is 4.79 Å². The molecule has 48 valence electrons. The van der Waals surface area contributed by atoms with Crippen LogP contribution in [0.25, 0.3) is 0 Å². The van der Waals surface area contributed by atoms with Gasteiger partial charge in [0, 0.05) is 0 Å². The molecule has 0 heterocycles. The van der Waals surface area contributed by atoms with Crippen LogP contribution in [0.1, 0.15) is 13.8 Å². The quantitative estimate of drug-likeness (QED) is 0.542. The van der Waals surface area contributed by atoms with Crippen molar-refractivity contribution in [2.45, 2.75) is 19.9 Å². The van der Waals surface area contributed by atoms with E-state index in [1.807, 2.05) is 0 Å². The van der Waals surface area contributed by atoms with Crippen molar-refractivity contribution in [1.29, 1.82) is 0 Å². The monoisotopic (exact) mass is 121 g/mol. The number of hydrogen-bond acceptors (Lipinski definition) is 2. The van der Waals surface area contributed by atoms with Gasteiger partial charge in [0.15, 0.2) is 0 Å². The summed E-state index contributed by atoms with van der Waals surface area (Å²) >= 11 is 0. The number of rotatable bonds is 2. The molecule has 3 N–H and O–H groups in total. The number of carboxylic acids is 1. The molecule has 0 aliphatic heterocycles. The van der Waals surface area contributed by atoms with Gasteiger partial charge in [-0.2, -0.15) is 0 Å². The Labute approximate surface area is 48.5 Å². The Hall–Kier alpha value is -0.570. The zero-order valence-electron chi connectivity index (χ0n) is 5.09. The van der Waals surface area contributed by atoms with Crippen LogP contribution in [0, 0.1) is 5.92 Å². The van der Waals surface area contributed by atoms with Gasteiger partial charge in [-0.15, -0.1) is 0 Å². The van der Waals surface area contributed by atoms with Crippen LogP contribution in [0.5, 0.6) is 0 Å². The molecule has 0 amide bonds. The first-order valence-electron chi connectivity index (χ1n) is 2.54. The van der Waals surface area contributed by atoms with E-state index in [0.29, 0.717) is 0 Å². The van der Waals surface area contributed by atoms with Gasteiger partial charge in [0.05, 0.1) is 0 Å². The Morgan fingerprint density at radius 2 is 2.38 bits per heavy atom. The molecule has 0 spiro atoms. The Kier molecular flexibility index (Phi) is 2.48. The summed E-state index contributed by atoms with van der Waals surface area (Å²) in [6.07, 6.45) is 0. The molecule has 0 rings (SSSR count). The number of carbonyl (C=O) groups is 1. The number of hydrogen-bond donors (Lipinski definition) is 2. The van der Waals surface area contributed by atoms with Gasteiger partial charge in [-0.3, -0.25) is 4.79 Å². The fourth-order valence-corrected chi connectivity index (χ4v) is 0.285. The first-order valence-corrected chi connectivity index (χ1v) is 2.54. The van der Waals surface area contributed by atoms with E-state index in [0.717, 1.165) is 0 Å². The molecule has 0 fully saturated rings. The zero-order valence-corrected chi connectivity index (χ0v) is 5.09. The molecule has 0 aliphatic rings. The van der Waals surface area contributed by atoms with Crippen molar-refractivity contribution in [3.63, 3.8) is 0 Å². The van der Waals surface area contributed by atoms with Crippen molar-refractivity contribution in [3.8, 4) is 0 Å². The zero-order chi connectivity index (χ0) is 6.73. The van der Waals surface area contributed by atoms with E-state index in [-0.39, 0.29) is 5.92 Å². The molecule has 8 heavy (non-hydrogen) atoms. The summed E-state index contributed by atoms with van der Waals surface area (Å²) in [7, 11) is 0. The van der Waals surface area contributed by atoms with Crippen LogP contribution >= 0.6 is 0 Å². The first kappa shape index (κ1) is 7.43. The molecule has 1 unspecified atom stereocenters. The molecule has 0 aromatic carbocycles. The van der Waals surface area contributed by atoms with Crippen LogP contribution in [0.2, 0.25) is 0 Å². The lowest BCUT2D eigenvalue weighted by Crippen LogP contribution is -2.34. The molecule has 2 atom stereocenters. The van der Waals surface area contributed by atoms with Crippen molar-refractivity contribution in [1.82, 2.24) is 0 Å². The number of nitrogens with two attached hydrogens (primary N) is 1. The third kappa shape index (κ3) is 1.93. The van der Waals surface area contributed by atoms with E-state index in [1.165, 1.54) is 0 Å². The maximum Gasteiger partial charge on any atom is 0.320 e. The van der Waals surface area contributed by atoms with Gasteiger partial charge < -0.3 is 10.8 Å². The molecule has 0 aromatic rings. The molecular weight excluding hydrogens is 110 g/mol. The minimum atomic E-state index is -0.931. The maximum atomic E-state index is 10.0. The van der Waals surface area contributed by atoms with Crippen molar-refractivity contribution in [3.05, 3.63) is 0 Å². The average Bonchev–Trinajstić information content (AvgIpc) is 1.64. The minimum absolute atomic E-state index is 0.0208. The van der Waals surface area contributed by atoms with Crippen molar-refractivity contribution in [2.24, 2.45) is 11.7 Å². The van der Waals surface area contributed by atoms with Gasteiger partial charge in [0.2, 0.25) is 0 Å². The van der Waals surface area contributed by atoms with E-state index >= 15 is 0 Å². The molecular formula is C5H11NO2. The number of carboxylic acid groups (broad SMARTS) is 1. The minimum Gasteiger partial charge on any atom is -0.480 e. The van der Waals surface area contributed by atoms with E-state index in [1.54, 1.807) is 13.8 Å². The van der Waals surface area contributed by atoms with Crippen molar-refractivity contribution < 1.29 is 9.90 Å². The molecule has 0 saturated carbocycles. The normalized spacial score (nSPS) is 17.4. The summed E-state index contributed by atoms with van der Waals surface area (Å²) < 4.78 is 0. The predicted octanol–water partition coefficient (Wildman–Crippen LogP) is 0.0543. The second-order valence-electron chi connectivity index (χ2n) is 2.11. The molecule has 0 aromatic heterocycles. The molecule has 0 radical (unpaired) electrons. The SMILES string of the molecule is C[14CH]([14CH3])[C@H](N)C(=O)O. The molecule has 0 aliphatic carbocycles. The summed E-state index contributed by atoms with van der Waals surface area (Å²) in [4.78, 5) is 10.0. The Morgan fingerprint density at radius 3 is 2.38 bits per heavy atom. The topological polar surface area (TPSA) is 63.3 Å². The van der Waals surface area contributed by atoms with E-state index in [9.17, 15) is 4.79 Å². The Morgan fingerprint density at radius 1 is 2.00 bits per heavy atom. The van der Waals surface area contributed by atoms with Crippen molar-refractivity contribution >= 4 is 5.97 Å². The van der Waals surface area contributed by atoms with Crippen LogP contribution < -0.4 is 5.73 Å². The highest BCUT2D eigenvalue weighted by molar-refractivity contribution is 5.73. The lowest BCUT2D eigenvalue weighted by molar-refractivity contribution is -0.139. The van der Waals surface area contributed by atoms with Gasteiger partial charge >= 0.3 is 5.97 Å². The highest BCUT2D eigenvalue weighted by Gasteiger charge is 2.14. The largest absolute Gasteiger partial charge is 0.480 e. The fraction of sp³-hybridized carbons (Fsp3) is 0.800. The third-order valence-electron chi connectivity index (χ3n) is 1.00. The molecule has 0 bridgehead atoms. The summed E-state index contributed by atoms with van der Waals surface area (Å²) in [5.41, 5.74) is 5.16. The second-order valence-corrected chi connectivity index (χ2v) is 2.11. The third-order valence-corrected chi connectivity index (χ3v) is 1.00. The Bertz CT molecular complexity index is 90.4. The standard InChI is InChI=1S/C5H11NO2/c1-3(2)4(6)5(7)8/h3-4H,6H2,1-2H3,(H,7,8)/t4-/m0/s1/i1+2,3+2/t3?,4-. The summed E-state index contributed by atoms with van der Waals surface area (Å²) in [5, 5.41) is 8.23. The van der Waals surface area contributed by atoms with Gasteiger partial charge in [-0.25, -0.2) is 0 Å². The highest BCUT2D eigenvalue weighted by atomic mass is 16.4. The lowest BCUT2D eigenvalue weighted by Gasteiger charge is -2.07. The van der Waals surface area contributed by atoms with Crippen LogP contribution in [0.3, 0.4) is 0 Å². The summed E-state index contributed by atoms with van der Waals surface area (Å²) in [6.45, 7) is 3.55. The smallest absolute Gasteiger partial charge is 0.320 e. The fourth-order valence-electron chi connectivity index (χ4n) is 0.285. The van der Waals surface area contributed by atoms with Crippen LogP contribution in [0.15, 0.2) is 0 Å². The Balaban J connectivity index is 3.64. The van der Waals surface area contributed by atoms with E-state index in [4.69, 9.17) is 10.8 Å². The second kappa shape index (κ2) is 2.67. The van der Waals surface area contributed by atoms with Gasteiger partial charge in [-0.05, 0) is 5.92 Å². The first-order chi connectivity index (χ1) is 3.55. The van der Waals surface area contributed by atoms with E-state index < -0.39 is 12.0 Å². The molecule has 0 saturated heterocycles. The van der Waals surface area contributed by atoms with E-state index in [2.05, 4.69) is 0 Å². The summed E-state index contributed by atoms with van der Waals surface area (Å²) in [5.74, 6) is -0.910. The van der Waals surface area contributed by atoms with Crippen molar-refractivity contribution in [2.75, 3.05) is 0 Å². The number of aliphatic carboxylic acids is 1. The molecule has 3 heteroatoms. The van der Waals surface area contributed by atoms with Crippen LogP contribution in [-0.4, -0.2) is 17.1 Å². The highest BCUT2D eigenvalue weighted by Crippen LogP contribution is 1.96. The lowest BCUT2D eigenvalue weighted by atomic mass is 10.5.